The summed E-state index contributed by atoms with van der Waals surface area (Å²) in [5.41, 5.74) is 16.5. The van der Waals surface area contributed by atoms with Crippen molar-refractivity contribution < 1.29 is 4.42 Å². The summed E-state index contributed by atoms with van der Waals surface area (Å²) in [5, 5.41) is 2.04. The molecule has 0 saturated heterocycles. The molecular weight excluding hydrogens is 757 g/mol. The monoisotopic (exact) mass is 792 g/mol. The Labute approximate surface area is 358 Å². The smallest absolute Gasteiger partial charge is 0.166 e. The fourth-order valence-electron chi connectivity index (χ4n) is 9.17. The fraction of sp³-hybridized carbons (Fsp3) is 0.0175. The number of aromatic nitrogens is 4. The van der Waals surface area contributed by atoms with Crippen LogP contribution in [0.5, 0.6) is 0 Å². The number of fused-ring (bicyclic) bond motifs is 6. The van der Waals surface area contributed by atoms with Gasteiger partial charge in [-0.3, -0.25) is 4.98 Å². The molecule has 62 heavy (non-hydrogen) atoms. The first-order valence-corrected chi connectivity index (χ1v) is 20.9. The molecule has 3 aromatic heterocycles. The molecule has 3 heterocycles. The van der Waals surface area contributed by atoms with E-state index < -0.39 is 0 Å². The van der Waals surface area contributed by atoms with E-state index in [2.05, 4.69) is 140 Å². The Morgan fingerprint density at radius 2 is 0.919 bits per heavy atom. The van der Waals surface area contributed by atoms with Crippen LogP contribution in [0.15, 0.2) is 217 Å². The summed E-state index contributed by atoms with van der Waals surface area (Å²) >= 11 is 0. The molecular formula is C57H36N4O. The maximum absolute atomic E-state index is 6.80. The molecule has 0 bridgehead atoms. The predicted octanol–water partition coefficient (Wildman–Crippen LogP) is 14.3. The lowest BCUT2D eigenvalue weighted by atomic mass is 9.89. The van der Waals surface area contributed by atoms with Crippen LogP contribution in [0.1, 0.15) is 22.6 Å². The van der Waals surface area contributed by atoms with Gasteiger partial charge in [-0.05, 0) is 74.8 Å². The second-order valence-corrected chi connectivity index (χ2v) is 15.8. The molecule has 1 unspecified atom stereocenters. The van der Waals surface area contributed by atoms with Gasteiger partial charge in [0.15, 0.2) is 17.5 Å². The van der Waals surface area contributed by atoms with Crippen LogP contribution in [-0.4, -0.2) is 19.9 Å². The highest BCUT2D eigenvalue weighted by molar-refractivity contribution is 6.14. The zero-order valence-corrected chi connectivity index (χ0v) is 33.5. The third-order valence-corrected chi connectivity index (χ3v) is 12.1. The number of benzene rings is 8. The highest BCUT2D eigenvalue weighted by Crippen LogP contribution is 2.51. The molecule has 12 rings (SSSR count). The Balaban J connectivity index is 1.10. The summed E-state index contributed by atoms with van der Waals surface area (Å²) in [6.07, 6.45) is 1.97. The summed E-state index contributed by atoms with van der Waals surface area (Å²) in [7, 11) is 0. The number of nitrogens with zero attached hydrogens (tertiary/aromatic N) is 4. The van der Waals surface area contributed by atoms with Crippen LogP contribution in [0, 0.1) is 0 Å². The summed E-state index contributed by atoms with van der Waals surface area (Å²) in [4.78, 5) is 20.9. The van der Waals surface area contributed by atoms with Crippen molar-refractivity contribution in [2.45, 2.75) is 5.92 Å². The minimum Gasteiger partial charge on any atom is -0.456 e. The Bertz CT molecular complexity index is 3400. The van der Waals surface area contributed by atoms with Gasteiger partial charge in [0, 0.05) is 50.7 Å². The van der Waals surface area contributed by atoms with Crippen LogP contribution >= 0.6 is 0 Å². The van der Waals surface area contributed by atoms with Crippen molar-refractivity contribution in [3.05, 3.63) is 229 Å². The molecule has 1 aliphatic rings. The predicted molar refractivity (Wildman–Crippen MR) is 250 cm³/mol. The van der Waals surface area contributed by atoms with E-state index in [9.17, 15) is 0 Å². The lowest BCUT2D eigenvalue weighted by Gasteiger charge is -2.15. The van der Waals surface area contributed by atoms with Crippen LogP contribution in [0.4, 0.5) is 0 Å². The third kappa shape index (κ3) is 6.10. The van der Waals surface area contributed by atoms with Gasteiger partial charge in [0.25, 0.3) is 0 Å². The zero-order valence-electron chi connectivity index (χ0n) is 33.5. The van der Waals surface area contributed by atoms with Gasteiger partial charge in [0.2, 0.25) is 0 Å². The average molecular weight is 793 g/mol. The molecule has 0 fully saturated rings. The van der Waals surface area contributed by atoms with E-state index in [0.29, 0.717) is 17.5 Å². The molecule has 0 spiro atoms. The summed E-state index contributed by atoms with van der Waals surface area (Å²) in [6, 6.07) is 71.8. The largest absolute Gasteiger partial charge is 0.456 e. The van der Waals surface area contributed by atoms with E-state index in [4.69, 9.17) is 24.4 Å². The first kappa shape index (κ1) is 35.6. The highest BCUT2D eigenvalue weighted by atomic mass is 16.3. The van der Waals surface area contributed by atoms with Gasteiger partial charge in [-0.2, -0.15) is 0 Å². The van der Waals surface area contributed by atoms with Crippen LogP contribution in [-0.2, 0) is 0 Å². The van der Waals surface area contributed by atoms with Crippen LogP contribution in [0.25, 0.3) is 101 Å². The van der Waals surface area contributed by atoms with Crippen molar-refractivity contribution >= 4 is 21.9 Å². The molecule has 5 heteroatoms. The number of pyridine rings is 1. The number of hydrogen-bond acceptors (Lipinski definition) is 5. The van der Waals surface area contributed by atoms with Gasteiger partial charge < -0.3 is 4.42 Å². The first-order chi connectivity index (χ1) is 30.7. The third-order valence-electron chi connectivity index (χ3n) is 12.1. The first-order valence-electron chi connectivity index (χ1n) is 20.9. The van der Waals surface area contributed by atoms with Gasteiger partial charge in [0.1, 0.15) is 11.2 Å². The maximum Gasteiger partial charge on any atom is 0.166 e. The van der Waals surface area contributed by atoms with E-state index in [1.54, 1.807) is 0 Å². The van der Waals surface area contributed by atoms with Gasteiger partial charge in [0.05, 0.1) is 5.69 Å². The Hall–Kier alpha value is -8.28. The highest BCUT2D eigenvalue weighted by Gasteiger charge is 2.31. The molecule has 0 radical (unpaired) electrons. The maximum atomic E-state index is 6.80. The number of hydrogen-bond donors (Lipinski definition) is 0. The van der Waals surface area contributed by atoms with Gasteiger partial charge in [-0.15, -0.1) is 0 Å². The Kier molecular flexibility index (Phi) is 8.49. The van der Waals surface area contributed by atoms with E-state index in [-0.39, 0.29) is 5.92 Å². The van der Waals surface area contributed by atoms with E-state index in [1.165, 1.54) is 27.8 Å². The average Bonchev–Trinajstić information content (AvgIpc) is 3.89. The summed E-state index contributed by atoms with van der Waals surface area (Å²) in [5.74, 6) is 1.82. The van der Waals surface area contributed by atoms with Gasteiger partial charge in [-0.1, -0.05) is 176 Å². The molecule has 8 aromatic carbocycles. The standard InChI is InChI=1S/C57H36N4O/c1-5-17-36(18-6-1)40-25-15-26-41(31-40)42-32-49(57-60-55(38-21-9-3-10-22-38)59-56(61-57)39-23-11-4-12-24-39)54(58-35-42)45-29-16-30-50-53(45)48-33-46-43-27-13-14-28-44(43)52(37-19-7-2-8-20-37)47(46)34-51(48)62-50/h1-35,52H. The minimum atomic E-state index is 0.113. The SMILES string of the molecule is c1ccc(-c2cccc(-c3cnc(-c4cccc5oc6cc7c(cc6c45)-c4ccccc4C7c4ccccc4)c(-c4nc(-c5ccccc5)nc(-c5ccccc5)n4)c3)c2)cc1. The Morgan fingerprint density at radius 3 is 1.63 bits per heavy atom. The van der Waals surface area contributed by atoms with Gasteiger partial charge in [-0.25, -0.2) is 15.0 Å². The molecule has 1 aliphatic carbocycles. The second kappa shape index (κ2) is 14.8. The molecule has 290 valence electrons. The van der Waals surface area contributed by atoms with Crippen molar-refractivity contribution in [1.82, 2.24) is 19.9 Å². The molecule has 1 atom stereocenters. The van der Waals surface area contributed by atoms with Crippen LogP contribution in [0.3, 0.4) is 0 Å². The summed E-state index contributed by atoms with van der Waals surface area (Å²) < 4.78 is 6.80. The number of rotatable bonds is 7. The van der Waals surface area contributed by atoms with Crippen molar-refractivity contribution in [3.63, 3.8) is 0 Å². The lowest BCUT2D eigenvalue weighted by molar-refractivity contribution is 0.668. The fourth-order valence-corrected chi connectivity index (χ4v) is 9.17. The quantitative estimate of drug-likeness (QED) is 0.161. The molecule has 0 amide bonds. The second-order valence-electron chi connectivity index (χ2n) is 15.8. The molecule has 5 nitrogen and oxygen atoms in total. The van der Waals surface area contributed by atoms with Crippen molar-refractivity contribution in [2.24, 2.45) is 0 Å². The lowest BCUT2D eigenvalue weighted by Crippen LogP contribution is -2.02. The van der Waals surface area contributed by atoms with Crippen LogP contribution < -0.4 is 0 Å². The van der Waals surface area contributed by atoms with Crippen molar-refractivity contribution in [2.75, 3.05) is 0 Å². The van der Waals surface area contributed by atoms with E-state index >= 15 is 0 Å². The molecule has 0 aliphatic heterocycles. The van der Waals surface area contributed by atoms with Crippen LogP contribution in [0.2, 0.25) is 0 Å². The van der Waals surface area contributed by atoms with Crippen molar-refractivity contribution in [1.29, 1.82) is 0 Å². The molecule has 0 N–H and O–H groups in total. The van der Waals surface area contributed by atoms with E-state index in [0.717, 1.165) is 72.1 Å². The topological polar surface area (TPSA) is 64.7 Å². The molecule has 0 saturated carbocycles. The van der Waals surface area contributed by atoms with Crippen molar-refractivity contribution in [3.8, 4) is 78.8 Å². The molecule has 11 aromatic rings. The van der Waals surface area contributed by atoms with Gasteiger partial charge >= 0.3 is 0 Å². The zero-order chi connectivity index (χ0) is 41.0. The number of furan rings is 1. The van der Waals surface area contributed by atoms with E-state index in [1.807, 2.05) is 72.9 Å². The Morgan fingerprint density at radius 1 is 0.355 bits per heavy atom. The minimum absolute atomic E-state index is 0.113. The normalized spacial score (nSPS) is 13.0. The summed E-state index contributed by atoms with van der Waals surface area (Å²) in [6.45, 7) is 0.